The second-order valence-electron chi connectivity index (χ2n) is 5.26. The number of aromatic nitrogens is 1. The van der Waals surface area contributed by atoms with Crippen LogP contribution in [0.1, 0.15) is 30.6 Å². The molecule has 0 radical (unpaired) electrons. The highest BCUT2D eigenvalue weighted by atomic mass is 16.5. The normalized spacial score (nSPS) is 11.6. The zero-order chi connectivity index (χ0) is 16.7. The second-order valence-corrected chi connectivity index (χ2v) is 5.26. The molecule has 1 N–H and O–H groups in total. The van der Waals surface area contributed by atoms with Crippen LogP contribution in [0.15, 0.2) is 42.6 Å². The monoisotopic (exact) mass is 314 g/mol. The van der Waals surface area contributed by atoms with Gasteiger partial charge in [-0.3, -0.25) is 9.78 Å². The van der Waals surface area contributed by atoms with Gasteiger partial charge in [0.1, 0.15) is 11.5 Å². The smallest absolute Gasteiger partial charge is 0.220 e. The lowest BCUT2D eigenvalue weighted by atomic mass is 10.1. The maximum absolute atomic E-state index is 12.1. The van der Waals surface area contributed by atoms with Gasteiger partial charge in [-0.2, -0.15) is 0 Å². The van der Waals surface area contributed by atoms with Crippen LogP contribution in [0, 0.1) is 0 Å². The molecule has 0 aliphatic rings. The molecule has 122 valence electrons. The van der Waals surface area contributed by atoms with Crippen molar-refractivity contribution in [2.24, 2.45) is 0 Å². The summed E-state index contributed by atoms with van der Waals surface area (Å²) in [6.45, 7) is 1.93. The largest absolute Gasteiger partial charge is 0.497 e. The fraction of sp³-hybridized carbons (Fsp3) is 0.333. The van der Waals surface area contributed by atoms with Gasteiger partial charge in [-0.25, -0.2) is 0 Å². The Balaban J connectivity index is 1.91. The number of aryl methyl sites for hydroxylation is 1. The predicted molar refractivity (Wildman–Crippen MR) is 88.7 cm³/mol. The molecule has 1 unspecified atom stereocenters. The van der Waals surface area contributed by atoms with E-state index in [2.05, 4.69) is 10.3 Å². The van der Waals surface area contributed by atoms with Crippen molar-refractivity contribution in [3.05, 3.63) is 53.9 Å². The van der Waals surface area contributed by atoms with Gasteiger partial charge >= 0.3 is 0 Å². The molecule has 0 spiro atoms. The van der Waals surface area contributed by atoms with Crippen LogP contribution in [0.5, 0.6) is 11.5 Å². The molecule has 1 atom stereocenters. The zero-order valence-electron chi connectivity index (χ0n) is 13.7. The molecule has 5 heteroatoms. The van der Waals surface area contributed by atoms with E-state index in [9.17, 15) is 4.79 Å². The van der Waals surface area contributed by atoms with Gasteiger partial charge in [0.15, 0.2) is 0 Å². The summed E-state index contributed by atoms with van der Waals surface area (Å²) in [5, 5.41) is 2.96. The highest BCUT2D eigenvalue weighted by molar-refractivity contribution is 5.76. The van der Waals surface area contributed by atoms with Crippen molar-refractivity contribution >= 4 is 5.91 Å². The van der Waals surface area contributed by atoms with Gasteiger partial charge in [0.05, 0.1) is 26.0 Å². The first-order chi connectivity index (χ1) is 11.1. The van der Waals surface area contributed by atoms with Crippen molar-refractivity contribution in [1.82, 2.24) is 10.3 Å². The Bertz CT molecular complexity index is 622. The molecule has 1 amide bonds. The third-order valence-electron chi connectivity index (χ3n) is 3.56. The van der Waals surface area contributed by atoms with E-state index >= 15 is 0 Å². The van der Waals surface area contributed by atoms with Gasteiger partial charge < -0.3 is 14.8 Å². The molecule has 2 rings (SSSR count). The summed E-state index contributed by atoms with van der Waals surface area (Å²) in [6.07, 6.45) is 2.74. The van der Waals surface area contributed by atoms with E-state index in [1.807, 2.05) is 43.3 Å². The summed E-state index contributed by atoms with van der Waals surface area (Å²) in [5.41, 5.74) is 1.85. The molecule has 0 aliphatic carbocycles. The predicted octanol–water partition coefficient (Wildman–Crippen LogP) is 2.91. The Morgan fingerprint density at radius 1 is 1.17 bits per heavy atom. The number of carbonyl (C=O) groups is 1. The van der Waals surface area contributed by atoms with Gasteiger partial charge in [0, 0.05) is 18.7 Å². The number of nitrogens with one attached hydrogen (secondary N) is 1. The summed E-state index contributed by atoms with van der Waals surface area (Å²) < 4.78 is 10.5. The van der Waals surface area contributed by atoms with E-state index in [-0.39, 0.29) is 11.9 Å². The van der Waals surface area contributed by atoms with Gasteiger partial charge in [0.25, 0.3) is 0 Å². The van der Waals surface area contributed by atoms with Crippen LogP contribution in [-0.4, -0.2) is 25.1 Å². The Morgan fingerprint density at radius 2 is 1.87 bits per heavy atom. The number of pyridine rings is 1. The highest BCUT2D eigenvalue weighted by Crippen LogP contribution is 2.23. The van der Waals surface area contributed by atoms with Crippen molar-refractivity contribution in [2.75, 3.05) is 14.2 Å². The van der Waals surface area contributed by atoms with Crippen LogP contribution >= 0.6 is 0 Å². The summed E-state index contributed by atoms with van der Waals surface area (Å²) in [6, 6.07) is 11.2. The quantitative estimate of drug-likeness (QED) is 0.853. The van der Waals surface area contributed by atoms with Crippen molar-refractivity contribution in [2.45, 2.75) is 25.8 Å². The third kappa shape index (κ3) is 4.98. The fourth-order valence-corrected chi connectivity index (χ4v) is 2.29. The first-order valence-corrected chi connectivity index (χ1v) is 7.54. The summed E-state index contributed by atoms with van der Waals surface area (Å²) in [5.74, 6) is 1.44. The van der Waals surface area contributed by atoms with Crippen LogP contribution in [0.2, 0.25) is 0 Å². The molecular weight excluding hydrogens is 292 g/mol. The Hall–Kier alpha value is -2.56. The topological polar surface area (TPSA) is 60.5 Å². The SMILES string of the molecule is COc1cc(CCC(=O)NC(C)c2ccccn2)cc(OC)c1. The number of nitrogens with zero attached hydrogens (tertiary/aromatic N) is 1. The number of hydrogen-bond acceptors (Lipinski definition) is 4. The average Bonchev–Trinajstić information content (AvgIpc) is 2.60. The maximum Gasteiger partial charge on any atom is 0.220 e. The fourth-order valence-electron chi connectivity index (χ4n) is 2.29. The Morgan fingerprint density at radius 3 is 2.43 bits per heavy atom. The average molecular weight is 314 g/mol. The molecule has 5 nitrogen and oxygen atoms in total. The minimum Gasteiger partial charge on any atom is -0.497 e. The van der Waals surface area contributed by atoms with E-state index in [0.29, 0.717) is 12.8 Å². The van der Waals surface area contributed by atoms with Crippen LogP contribution < -0.4 is 14.8 Å². The molecular formula is C18H22N2O3. The number of rotatable bonds is 7. The van der Waals surface area contributed by atoms with E-state index in [4.69, 9.17) is 9.47 Å². The number of amides is 1. The Labute approximate surface area is 136 Å². The number of hydrogen-bond donors (Lipinski definition) is 1. The lowest BCUT2D eigenvalue weighted by molar-refractivity contribution is -0.121. The van der Waals surface area contributed by atoms with Crippen molar-refractivity contribution < 1.29 is 14.3 Å². The standard InChI is InChI=1S/C18H22N2O3/c1-13(17-6-4-5-9-19-17)20-18(21)8-7-14-10-15(22-2)12-16(11-14)23-3/h4-6,9-13H,7-8H2,1-3H3,(H,20,21). The molecule has 0 fully saturated rings. The van der Waals surface area contributed by atoms with Gasteiger partial charge in [0.2, 0.25) is 5.91 Å². The molecule has 0 bridgehead atoms. The minimum atomic E-state index is -0.108. The lowest BCUT2D eigenvalue weighted by Gasteiger charge is -2.13. The first-order valence-electron chi connectivity index (χ1n) is 7.54. The van der Waals surface area contributed by atoms with Crippen molar-refractivity contribution in [3.8, 4) is 11.5 Å². The zero-order valence-corrected chi connectivity index (χ0v) is 13.7. The summed E-state index contributed by atoms with van der Waals surface area (Å²) in [7, 11) is 3.22. The molecule has 1 aromatic heterocycles. The molecule has 0 saturated carbocycles. The van der Waals surface area contributed by atoms with Crippen LogP contribution in [0.4, 0.5) is 0 Å². The third-order valence-corrected chi connectivity index (χ3v) is 3.56. The second kappa shape index (κ2) is 8.17. The van der Waals surface area contributed by atoms with Gasteiger partial charge in [-0.15, -0.1) is 0 Å². The molecule has 0 saturated heterocycles. The van der Waals surface area contributed by atoms with Crippen LogP contribution in [0.3, 0.4) is 0 Å². The van der Waals surface area contributed by atoms with E-state index in [1.54, 1.807) is 20.4 Å². The van der Waals surface area contributed by atoms with E-state index in [0.717, 1.165) is 22.8 Å². The summed E-state index contributed by atoms with van der Waals surface area (Å²) >= 11 is 0. The minimum absolute atomic E-state index is 0.00932. The van der Waals surface area contributed by atoms with E-state index < -0.39 is 0 Å². The number of benzene rings is 1. The number of carbonyl (C=O) groups excluding carboxylic acids is 1. The lowest BCUT2D eigenvalue weighted by Crippen LogP contribution is -2.27. The molecule has 1 aromatic carbocycles. The van der Waals surface area contributed by atoms with Crippen molar-refractivity contribution in [3.63, 3.8) is 0 Å². The molecule has 2 aromatic rings. The van der Waals surface area contributed by atoms with Crippen LogP contribution in [0.25, 0.3) is 0 Å². The molecule has 1 heterocycles. The van der Waals surface area contributed by atoms with E-state index in [1.165, 1.54) is 0 Å². The molecule has 23 heavy (non-hydrogen) atoms. The molecule has 0 aliphatic heterocycles. The van der Waals surface area contributed by atoms with Crippen LogP contribution in [-0.2, 0) is 11.2 Å². The summed E-state index contributed by atoms with van der Waals surface area (Å²) in [4.78, 5) is 16.4. The maximum atomic E-state index is 12.1. The first kappa shape index (κ1) is 16.8. The number of ether oxygens (including phenoxy) is 2. The highest BCUT2D eigenvalue weighted by Gasteiger charge is 2.11. The van der Waals surface area contributed by atoms with Gasteiger partial charge in [-0.1, -0.05) is 6.07 Å². The van der Waals surface area contributed by atoms with Crippen molar-refractivity contribution in [1.29, 1.82) is 0 Å². The van der Waals surface area contributed by atoms with Gasteiger partial charge in [-0.05, 0) is 43.2 Å². The number of methoxy groups -OCH3 is 2. The Kier molecular flexibility index (Phi) is 5.97.